The van der Waals surface area contributed by atoms with Crippen LogP contribution >= 0.6 is 0 Å². The van der Waals surface area contributed by atoms with Crippen molar-refractivity contribution < 1.29 is 23.9 Å². The summed E-state index contributed by atoms with van der Waals surface area (Å²) < 4.78 is 5.15. The minimum Gasteiger partial charge on any atom is -0.466 e. The smallest absolute Gasteiger partial charge is 0.313 e. The van der Waals surface area contributed by atoms with Crippen LogP contribution in [0.4, 0.5) is 0 Å². The highest BCUT2D eigenvalue weighted by Crippen LogP contribution is 2.24. The lowest BCUT2D eigenvalue weighted by Crippen LogP contribution is -2.43. The van der Waals surface area contributed by atoms with E-state index in [1.54, 1.807) is 11.8 Å². The highest BCUT2D eigenvalue weighted by atomic mass is 16.5. The van der Waals surface area contributed by atoms with Crippen molar-refractivity contribution in [3.8, 4) is 0 Å². The monoisotopic (exact) mass is 581 g/mol. The lowest BCUT2D eigenvalue weighted by atomic mass is 9.94. The molecule has 8 heteroatoms. The van der Waals surface area contributed by atoms with Crippen molar-refractivity contribution >= 4 is 23.7 Å². The summed E-state index contributed by atoms with van der Waals surface area (Å²) >= 11 is 0. The van der Waals surface area contributed by atoms with Gasteiger partial charge in [0.1, 0.15) is 0 Å². The molecular formula is C34H51N3O5. The first kappa shape index (κ1) is 36.3. The molecule has 0 aromatic heterocycles. The van der Waals surface area contributed by atoms with Gasteiger partial charge in [0.25, 0.3) is 0 Å². The molecule has 0 radical (unpaired) electrons. The molecule has 0 heterocycles. The summed E-state index contributed by atoms with van der Waals surface area (Å²) in [6.07, 6.45) is 0.259. The third-order valence-electron chi connectivity index (χ3n) is 6.88. The highest BCUT2D eigenvalue weighted by Gasteiger charge is 2.30. The van der Waals surface area contributed by atoms with Crippen LogP contribution in [0.2, 0.25) is 0 Å². The quantitative estimate of drug-likeness (QED) is 0.307. The number of nitrogens with two attached hydrogens (primary N) is 1. The van der Waals surface area contributed by atoms with Gasteiger partial charge in [0.2, 0.25) is 17.7 Å². The topological polar surface area (TPSA) is 110 Å². The normalized spacial score (nSPS) is 12.4. The Kier molecular flexibility index (Phi) is 15.6. The molecule has 0 aliphatic rings. The third-order valence-corrected chi connectivity index (χ3v) is 6.88. The zero-order valence-corrected chi connectivity index (χ0v) is 26.9. The van der Waals surface area contributed by atoms with Gasteiger partial charge in [-0.3, -0.25) is 19.2 Å². The van der Waals surface area contributed by atoms with E-state index >= 15 is 0 Å². The van der Waals surface area contributed by atoms with Crippen molar-refractivity contribution in [2.75, 3.05) is 6.61 Å². The first-order chi connectivity index (χ1) is 19.7. The number of carbonyl (C=O) groups excluding carboxylic acids is 4. The molecule has 232 valence electrons. The van der Waals surface area contributed by atoms with Crippen molar-refractivity contribution in [1.29, 1.82) is 0 Å². The number of nitrogens with zero attached hydrogens (tertiary/aromatic N) is 2. The second-order valence-electron chi connectivity index (χ2n) is 11.5. The Balaban J connectivity index is 0.000000422. The van der Waals surface area contributed by atoms with Gasteiger partial charge in [-0.15, -0.1) is 0 Å². The summed E-state index contributed by atoms with van der Waals surface area (Å²) in [7, 11) is 0. The predicted octanol–water partition coefficient (Wildman–Crippen LogP) is 5.66. The molecule has 0 spiro atoms. The van der Waals surface area contributed by atoms with E-state index in [0.29, 0.717) is 6.61 Å². The van der Waals surface area contributed by atoms with E-state index in [4.69, 9.17) is 10.5 Å². The van der Waals surface area contributed by atoms with Crippen LogP contribution < -0.4 is 5.73 Å². The maximum atomic E-state index is 12.6. The Morgan fingerprint density at radius 2 is 0.952 bits per heavy atom. The first-order valence-corrected chi connectivity index (χ1v) is 14.9. The van der Waals surface area contributed by atoms with E-state index in [9.17, 15) is 19.2 Å². The molecule has 2 N–H and O–H groups in total. The van der Waals surface area contributed by atoms with Gasteiger partial charge in [0.15, 0.2) is 0 Å². The number of amides is 3. The number of carbonyl (C=O) groups is 4. The summed E-state index contributed by atoms with van der Waals surface area (Å²) in [6, 6.07) is 19.0. The Bertz CT molecular complexity index is 1100. The molecule has 0 aliphatic heterocycles. The Labute approximate surface area is 252 Å². The Hall–Kier alpha value is -3.68. The molecule has 0 saturated heterocycles. The number of rotatable bonds is 13. The number of esters is 1. The number of benzene rings is 2. The maximum absolute atomic E-state index is 12.6. The van der Waals surface area contributed by atoms with E-state index in [0.717, 1.165) is 11.1 Å². The van der Waals surface area contributed by atoms with Crippen LogP contribution in [0.3, 0.4) is 0 Å². The molecule has 2 aromatic carbocycles. The standard InChI is InChI=1S/C18H27NO3.C16H24N2O2/c1-6-22-18(21)16(15-10-8-7-9-11-15)12-17(20)19(13(2)3)14(4)5;1-11(2)18(12(3)4)15(19)10-14(16(17)20)13-8-6-5-7-9-13/h7-11,13-14,16H,6,12H2,1-5H3;5-9,11-12,14H,10H2,1-4H3,(H2,17,20). The van der Waals surface area contributed by atoms with Gasteiger partial charge in [0, 0.05) is 37.0 Å². The lowest BCUT2D eigenvalue weighted by Gasteiger charge is -2.32. The van der Waals surface area contributed by atoms with Gasteiger partial charge < -0.3 is 20.3 Å². The van der Waals surface area contributed by atoms with Crippen LogP contribution in [0.15, 0.2) is 60.7 Å². The molecule has 0 saturated carbocycles. The third kappa shape index (κ3) is 11.3. The lowest BCUT2D eigenvalue weighted by molar-refractivity contribution is -0.148. The minimum absolute atomic E-state index is 0.0214. The van der Waals surface area contributed by atoms with Crippen molar-refractivity contribution in [2.24, 2.45) is 5.73 Å². The van der Waals surface area contributed by atoms with Gasteiger partial charge in [-0.05, 0) is 73.4 Å². The fourth-order valence-corrected chi connectivity index (χ4v) is 5.24. The molecule has 2 rings (SSSR count). The summed E-state index contributed by atoms with van der Waals surface area (Å²) in [5.74, 6) is -1.97. The molecule has 3 amide bonds. The Morgan fingerprint density at radius 3 is 1.26 bits per heavy atom. The van der Waals surface area contributed by atoms with Gasteiger partial charge in [0.05, 0.1) is 18.4 Å². The van der Waals surface area contributed by atoms with Gasteiger partial charge in [-0.25, -0.2) is 0 Å². The summed E-state index contributed by atoms with van der Waals surface area (Å²) in [5, 5.41) is 0. The van der Waals surface area contributed by atoms with Gasteiger partial charge >= 0.3 is 5.97 Å². The van der Waals surface area contributed by atoms with Crippen molar-refractivity contribution in [3.63, 3.8) is 0 Å². The van der Waals surface area contributed by atoms with Crippen molar-refractivity contribution in [2.45, 2.75) is 111 Å². The molecule has 0 fully saturated rings. The zero-order valence-electron chi connectivity index (χ0n) is 26.9. The average molecular weight is 582 g/mol. The number of ether oxygens (including phenoxy) is 1. The summed E-state index contributed by atoms with van der Waals surface area (Å²) in [6.45, 7) is 17.9. The maximum Gasteiger partial charge on any atom is 0.313 e. The molecule has 2 aromatic rings. The molecule has 2 atom stereocenters. The molecule has 0 bridgehead atoms. The van der Waals surface area contributed by atoms with Crippen LogP contribution in [-0.2, 0) is 23.9 Å². The van der Waals surface area contributed by atoms with Crippen LogP contribution in [0.1, 0.15) is 98.1 Å². The average Bonchev–Trinajstić information content (AvgIpc) is 2.91. The second-order valence-corrected chi connectivity index (χ2v) is 11.5. The molecule has 42 heavy (non-hydrogen) atoms. The van der Waals surface area contributed by atoms with Gasteiger partial charge in [-0.1, -0.05) is 60.7 Å². The summed E-state index contributed by atoms with van der Waals surface area (Å²) in [5.41, 5.74) is 7.07. The molecule has 2 unspecified atom stereocenters. The molecule has 8 nitrogen and oxygen atoms in total. The fraction of sp³-hybridized carbons (Fsp3) is 0.529. The van der Waals surface area contributed by atoms with Gasteiger partial charge in [-0.2, -0.15) is 0 Å². The first-order valence-electron chi connectivity index (χ1n) is 14.9. The van der Waals surface area contributed by atoms with E-state index in [-0.39, 0.29) is 54.8 Å². The van der Waals surface area contributed by atoms with Crippen LogP contribution in [-0.4, -0.2) is 64.3 Å². The predicted molar refractivity (Wildman–Crippen MR) is 168 cm³/mol. The highest BCUT2D eigenvalue weighted by molar-refractivity contribution is 5.89. The fourth-order valence-electron chi connectivity index (χ4n) is 5.24. The van der Waals surface area contributed by atoms with Crippen LogP contribution in [0.5, 0.6) is 0 Å². The number of hydrogen-bond acceptors (Lipinski definition) is 5. The van der Waals surface area contributed by atoms with E-state index in [1.165, 1.54) is 0 Å². The van der Waals surface area contributed by atoms with Crippen molar-refractivity contribution in [1.82, 2.24) is 9.80 Å². The minimum atomic E-state index is -0.566. The van der Waals surface area contributed by atoms with Crippen LogP contribution in [0.25, 0.3) is 0 Å². The number of hydrogen-bond donors (Lipinski definition) is 1. The number of primary amides is 1. The van der Waals surface area contributed by atoms with E-state index in [2.05, 4.69) is 0 Å². The summed E-state index contributed by atoms with van der Waals surface area (Å²) in [4.78, 5) is 52.6. The SMILES string of the molecule is CC(C)N(C(=O)CC(C(N)=O)c1ccccc1)C(C)C.CCOC(=O)C(CC(=O)N(C(C)C)C(C)C)c1ccccc1. The molecule has 0 aliphatic carbocycles. The van der Waals surface area contributed by atoms with Crippen molar-refractivity contribution in [3.05, 3.63) is 71.8 Å². The zero-order chi connectivity index (χ0) is 32.0. The molecular weight excluding hydrogens is 530 g/mol. The Morgan fingerprint density at radius 1 is 0.619 bits per heavy atom. The van der Waals surface area contributed by atoms with Crippen LogP contribution in [0, 0.1) is 0 Å². The van der Waals surface area contributed by atoms with E-state index in [1.807, 2.05) is 121 Å². The second kappa shape index (κ2) is 18.0. The largest absolute Gasteiger partial charge is 0.466 e. The van der Waals surface area contributed by atoms with E-state index < -0.39 is 17.7 Å².